The van der Waals surface area contributed by atoms with Crippen molar-refractivity contribution in [2.24, 2.45) is 22.7 Å². The first-order valence-electron chi connectivity index (χ1n) is 5.24. The number of hydrogen-bond acceptors (Lipinski definition) is 2. The Bertz CT molecular complexity index is 286. The lowest BCUT2D eigenvalue weighted by Gasteiger charge is -2.61. The number of carbonyl (C=O) groups excluding carboxylic acids is 1. The van der Waals surface area contributed by atoms with Gasteiger partial charge in [0.05, 0.1) is 12.5 Å². The molecule has 4 atom stereocenters. The highest BCUT2D eigenvalue weighted by molar-refractivity contribution is 5.76. The van der Waals surface area contributed by atoms with Gasteiger partial charge >= 0.3 is 5.97 Å². The van der Waals surface area contributed by atoms with Crippen LogP contribution in [0.2, 0.25) is 0 Å². The maximum Gasteiger partial charge on any atom is 0.309 e. The van der Waals surface area contributed by atoms with Gasteiger partial charge in [-0.1, -0.05) is 13.8 Å². The number of carbonyl (C=O) groups is 1. The average Bonchev–Trinajstić information content (AvgIpc) is 2.32. The molecule has 1 saturated heterocycles. The van der Waals surface area contributed by atoms with E-state index in [1.807, 2.05) is 0 Å². The van der Waals surface area contributed by atoms with Crippen molar-refractivity contribution >= 4 is 5.97 Å². The van der Waals surface area contributed by atoms with Gasteiger partial charge in [-0.3, -0.25) is 4.79 Å². The summed E-state index contributed by atoms with van der Waals surface area (Å²) in [5.74, 6) is 0.936. The normalized spacial score (nSPS) is 58.2. The standard InChI is InChI=1S/C11H16O2/c1-10-4-3-7-6-13-9(12)8(5-10)11(7,10)2/h7-8H,3-6H2,1-2H3. The summed E-state index contributed by atoms with van der Waals surface area (Å²) >= 11 is 0. The average molecular weight is 180 g/mol. The lowest BCUT2D eigenvalue weighted by Crippen LogP contribution is -2.61. The summed E-state index contributed by atoms with van der Waals surface area (Å²) in [4.78, 5) is 11.5. The fourth-order valence-corrected chi connectivity index (χ4v) is 3.98. The van der Waals surface area contributed by atoms with E-state index in [1.165, 1.54) is 12.8 Å². The molecule has 72 valence electrons. The van der Waals surface area contributed by atoms with Crippen LogP contribution in [0.4, 0.5) is 0 Å². The first-order valence-corrected chi connectivity index (χ1v) is 5.24. The van der Waals surface area contributed by atoms with E-state index in [9.17, 15) is 4.79 Å². The molecular weight excluding hydrogens is 164 g/mol. The Kier molecular flexibility index (Phi) is 1.17. The highest BCUT2D eigenvalue weighted by atomic mass is 16.5. The van der Waals surface area contributed by atoms with Gasteiger partial charge in [0.1, 0.15) is 0 Å². The van der Waals surface area contributed by atoms with Crippen LogP contribution >= 0.6 is 0 Å². The minimum atomic E-state index is 0.0677. The molecule has 0 spiro atoms. The largest absolute Gasteiger partial charge is 0.465 e. The summed E-state index contributed by atoms with van der Waals surface area (Å²) in [7, 11) is 0. The monoisotopic (exact) mass is 180 g/mol. The molecule has 3 fully saturated rings. The maximum absolute atomic E-state index is 11.5. The Hall–Kier alpha value is -0.530. The van der Waals surface area contributed by atoms with Crippen LogP contribution in [0.25, 0.3) is 0 Å². The molecule has 0 aromatic rings. The van der Waals surface area contributed by atoms with Gasteiger partial charge < -0.3 is 4.74 Å². The molecule has 4 unspecified atom stereocenters. The number of esters is 1. The molecule has 2 saturated carbocycles. The first-order chi connectivity index (χ1) is 6.08. The topological polar surface area (TPSA) is 26.3 Å². The van der Waals surface area contributed by atoms with E-state index in [1.54, 1.807) is 0 Å². The van der Waals surface area contributed by atoms with Crippen molar-refractivity contribution in [1.29, 1.82) is 0 Å². The Labute approximate surface area is 78.6 Å². The molecule has 3 rings (SSSR count). The molecule has 1 heterocycles. The van der Waals surface area contributed by atoms with E-state index in [4.69, 9.17) is 4.74 Å². The quantitative estimate of drug-likeness (QED) is 0.533. The van der Waals surface area contributed by atoms with Crippen LogP contribution in [0.3, 0.4) is 0 Å². The SMILES string of the molecule is CC12CCC3COC(=O)C(C1)C32C. The number of ether oxygens (including phenoxy) is 1. The van der Waals surface area contributed by atoms with Gasteiger partial charge in [-0.05, 0) is 36.0 Å². The van der Waals surface area contributed by atoms with E-state index >= 15 is 0 Å². The molecule has 0 radical (unpaired) electrons. The summed E-state index contributed by atoms with van der Waals surface area (Å²) in [5.41, 5.74) is 0.726. The Balaban J connectivity index is 2.04. The van der Waals surface area contributed by atoms with Crippen LogP contribution < -0.4 is 0 Å². The number of hydrogen-bond donors (Lipinski definition) is 0. The van der Waals surface area contributed by atoms with Crippen molar-refractivity contribution in [3.8, 4) is 0 Å². The van der Waals surface area contributed by atoms with Crippen LogP contribution in [0.1, 0.15) is 33.1 Å². The zero-order valence-electron chi connectivity index (χ0n) is 8.30. The zero-order valence-corrected chi connectivity index (χ0v) is 8.30. The van der Waals surface area contributed by atoms with Crippen molar-refractivity contribution in [1.82, 2.24) is 0 Å². The van der Waals surface area contributed by atoms with Crippen molar-refractivity contribution in [2.75, 3.05) is 6.61 Å². The molecule has 2 aliphatic carbocycles. The third kappa shape index (κ3) is 0.628. The van der Waals surface area contributed by atoms with Gasteiger partial charge in [0.25, 0.3) is 0 Å². The second-order valence-electron chi connectivity index (χ2n) is 5.47. The maximum atomic E-state index is 11.5. The predicted octanol–water partition coefficient (Wildman–Crippen LogP) is 1.99. The van der Waals surface area contributed by atoms with E-state index in [0.29, 0.717) is 17.9 Å². The minimum absolute atomic E-state index is 0.0677. The van der Waals surface area contributed by atoms with Crippen molar-refractivity contribution in [3.63, 3.8) is 0 Å². The van der Waals surface area contributed by atoms with Gasteiger partial charge in [-0.25, -0.2) is 0 Å². The summed E-state index contributed by atoms with van der Waals surface area (Å²) in [6, 6.07) is 0. The molecular formula is C11H16O2. The van der Waals surface area contributed by atoms with E-state index < -0.39 is 0 Å². The molecule has 0 aromatic heterocycles. The predicted molar refractivity (Wildman–Crippen MR) is 48.0 cm³/mol. The highest BCUT2D eigenvalue weighted by Crippen LogP contribution is 2.72. The smallest absolute Gasteiger partial charge is 0.309 e. The van der Waals surface area contributed by atoms with Crippen molar-refractivity contribution < 1.29 is 9.53 Å². The number of rotatable bonds is 0. The van der Waals surface area contributed by atoms with Gasteiger partial charge in [0.2, 0.25) is 0 Å². The fraction of sp³-hybridized carbons (Fsp3) is 0.909. The highest BCUT2D eigenvalue weighted by Gasteiger charge is 2.70. The van der Waals surface area contributed by atoms with Crippen molar-refractivity contribution in [3.05, 3.63) is 0 Å². The van der Waals surface area contributed by atoms with Gasteiger partial charge in [-0.2, -0.15) is 0 Å². The Morgan fingerprint density at radius 2 is 2.23 bits per heavy atom. The molecule has 2 nitrogen and oxygen atoms in total. The Morgan fingerprint density at radius 1 is 1.46 bits per heavy atom. The van der Waals surface area contributed by atoms with E-state index in [0.717, 1.165) is 6.42 Å². The van der Waals surface area contributed by atoms with Crippen LogP contribution in [0, 0.1) is 22.7 Å². The summed E-state index contributed by atoms with van der Waals surface area (Å²) in [6.07, 6.45) is 3.62. The zero-order chi connectivity index (χ0) is 9.27. The van der Waals surface area contributed by atoms with Gasteiger partial charge in [-0.15, -0.1) is 0 Å². The van der Waals surface area contributed by atoms with Crippen LogP contribution in [-0.2, 0) is 9.53 Å². The van der Waals surface area contributed by atoms with Crippen LogP contribution in [0.5, 0.6) is 0 Å². The lowest BCUT2D eigenvalue weighted by molar-refractivity contribution is -0.207. The molecule has 0 N–H and O–H groups in total. The third-order valence-corrected chi connectivity index (χ3v) is 5.28. The van der Waals surface area contributed by atoms with Gasteiger partial charge in [0, 0.05) is 0 Å². The Morgan fingerprint density at radius 3 is 3.00 bits per heavy atom. The molecule has 0 aromatic carbocycles. The molecule has 1 aliphatic heterocycles. The minimum Gasteiger partial charge on any atom is -0.465 e. The van der Waals surface area contributed by atoms with Crippen LogP contribution in [0.15, 0.2) is 0 Å². The lowest BCUT2D eigenvalue weighted by atomic mass is 9.44. The van der Waals surface area contributed by atoms with Gasteiger partial charge in [0.15, 0.2) is 0 Å². The molecule has 2 heteroatoms. The number of cyclic esters (lactones) is 1. The second kappa shape index (κ2) is 1.94. The molecule has 13 heavy (non-hydrogen) atoms. The summed E-state index contributed by atoms with van der Waals surface area (Å²) in [6.45, 7) is 5.34. The molecule has 0 amide bonds. The first kappa shape index (κ1) is 7.84. The third-order valence-electron chi connectivity index (χ3n) is 5.28. The summed E-state index contributed by atoms with van der Waals surface area (Å²) in [5, 5.41) is 0. The van der Waals surface area contributed by atoms with E-state index in [2.05, 4.69) is 13.8 Å². The van der Waals surface area contributed by atoms with Crippen LogP contribution in [-0.4, -0.2) is 12.6 Å². The summed E-state index contributed by atoms with van der Waals surface area (Å²) < 4.78 is 5.21. The second-order valence-corrected chi connectivity index (χ2v) is 5.47. The molecule has 3 aliphatic rings. The van der Waals surface area contributed by atoms with Crippen molar-refractivity contribution in [2.45, 2.75) is 33.1 Å². The fourth-order valence-electron chi connectivity index (χ4n) is 3.98. The molecule has 0 bridgehead atoms. The van der Waals surface area contributed by atoms with E-state index in [-0.39, 0.29) is 17.3 Å².